The highest BCUT2D eigenvalue weighted by Gasteiger charge is 2.66. The zero-order chi connectivity index (χ0) is 21.7. The van der Waals surface area contributed by atoms with Crippen LogP contribution >= 0.6 is 15.2 Å². The average Bonchev–Trinajstić information content (AvgIpc) is 2.75. The first kappa shape index (κ1) is 22.9. The number of nitrogen functional groups attached to an aromatic ring is 1. The molecule has 0 radical (unpaired) electrons. The molecule has 1 aliphatic heterocycles. The zero-order valence-corrected chi connectivity index (χ0v) is 15.1. The molecule has 4 atom stereocenters. The number of halogens is 4. The lowest BCUT2D eigenvalue weighted by atomic mass is 10.1. The van der Waals surface area contributed by atoms with Gasteiger partial charge in [-0.3, -0.25) is 13.7 Å². The predicted octanol–water partition coefficient (Wildman–Crippen LogP) is -0.351. The number of aromatic nitrogens is 2. The summed E-state index contributed by atoms with van der Waals surface area (Å²) < 4.78 is 85.9. The van der Waals surface area contributed by atoms with Crippen LogP contribution in [0.15, 0.2) is 17.1 Å². The van der Waals surface area contributed by atoms with E-state index in [1.54, 1.807) is 0 Å². The molecule has 28 heavy (non-hydrogen) atoms. The van der Waals surface area contributed by atoms with E-state index in [1.807, 2.05) is 0 Å². The molecular formula is C10H13F4N3O9P2. The number of ether oxygens (including phenoxy) is 1. The molecule has 2 rings (SSSR count). The highest BCUT2D eigenvalue weighted by Crippen LogP contribution is 2.73. The highest BCUT2D eigenvalue weighted by molar-refractivity contribution is 7.72. The average molecular weight is 457 g/mol. The third-order valence-electron chi connectivity index (χ3n) is 3.59. The highest BCUT2D eigenvalue weighted by atomic mass is 31.2. The van der Waals surface area contributed by atoms with Gasteiger partial charge in [0.1, 0.15) is 11.9 Å². The van der Waals surface area contributed by atoms with Crippen molar-refractivity contribution in [2.24, 2.45) is 0 Å². The third-order valence-corrected chi connectivity index (χ3v) is 7.01. The Labute approximate surface area is 152 Å². The van der Waals surface area contributed by atoms with Gasteiger partial charge in [0.25, 0.3) is 0 Å². The van der Waals surface area contributed by atoms with Crippen molar-refractivity contribution in [2.45, 2.75) is 29.8 Å². The van der Waals surface area contributed by atoms with Crippen LogP contribution in [0.25, 0.3) is 0 Å². The SMILES string of the molecule is Nc1ccn([C@@H]2O[C@H](COP(=O)(O)C(F)(F)P(=O)(O)O)[C@H](O)C2(F)F)c(=O)n1. The van der Waals surface area contributed by atoms with Gasteiger partial charge in [0.2, 0.25) is 6.23 Å². The van der Waals surface area contributed by atoms with Gasteiger partial charge in [-0.2, -0.15) is 22.5 Å². The van der Waals surface area contributed by atoms with Gasteiger partial charge < -0.3 is 34.8 Å². The number of anilines is 1. The third kappa shape index (κ3) is 3.86. The number of rotatable bonds is 6. The van der Waals surface area contributed by atoms with E-state index in [0.29, 0.717) is 0 Å². The standard InChI is InChI=1S/C10H13F4N3O9P2/c11-9(12)6(18)4(3-25-28(23,24)10(13,14)27(20,21)22)26-7(9)17-2-1-5(15)16-8(17)19/h1-2,4,6-7,18H,3H2,(H,23,24)(H2,15,16,19)(H2,20,21,22)/t4-,6+,7-/m1/s1. The summed E-state index contributed by atoms with van der Waals surface area (Å²) in [7, 11) is -12.8. The van der Waals surface area contributed by atoms with E-state index >= 15 is 0 Å². The second kappa shape index (κ2) is 7.15. The fourth-order valence-electron chi connectivity index (χ4n) is 2.13. The molecule has 18 heteroatoms. The molecule has 1 aromatic rings. The normalized spacial score (nSPS) is 27.5. The lowest BCUT2D eigenvalue weighted by molar-refractivity contribution is -0.140. The summed E-state index contributed by atoms with van der Waals surface area (Å²) in [5.41, 5.74) is 3.90. The first-order valence-corrected chi connectivity index (χ1v) is 10.2. The summed E-state index contributed by atoms with van der Waals surface area (Å²) in [5.74, 6) is -4.52. The number of aliphatic hydroxyl groups excluding tert-OH is 1. The Bertz CT molecular complexity index is 906. The molecule has 2 heterocycles. The van der Waals surface area contributed by atoms with E-state index in [1.165, 1.54) is 0 Å². The molecule has 1 aliphatic rings. The molecule has 0 amide bonds. The summed E-state index contributed by atoms with van der Waals surface area (Å²) in [4.78, 5) is 40.8. The first-order chi connectivity index (χ1) is 12.5. The van der Waals surface area contributed by atoms with Gasteiger partial charge in [-0.05, 0) is 6.07 Å². The minimum Gasteiger partial charge on any atom is -0.384 e. The van der Waals surface area contributed by atoms with E-state index in [4.69, 9.17) is 20.4 Å². The summed E-state index contributed by atoms with van der Waals surface area (Å²) in [5, 5.41) is 4.09. The Morgan fingerprint density at radius 2 is 1.93 bits per heavy atom. The zero-order valence-electron chi connectivity index (χ0n) is 13.3. The maximum absolute atomic E-state index is 14.2. The molecule has 1 unspecified atom stereocenters. The van der Waals surface area contributed by atoms with Crippen molar-refractivity contribution >= 4 is 21.0 Å². The molecule has 0 aromatic carbocycles. The predicted molar refractivity (Wildman–Crippen MR) is 80.5 cm³/mol. The maximum atomic E-state index is 14.2. The van der Waals surface area contributed by atoms with Crippen LogP contribution in [0.5, 0.6) is 0 Å². The second-order valence-corrected chi connectivity index (χ2v) is 9.42. The van der Waals surface area contributed by atoms with Gasteiger partial charge in [0.05, 0.1) is 6.61 Å². The number of hydrogen-bond donors (Lipinski definition) is 5. The van der Waals surface area contributed by atoms with Crippen molar-refractivity contribution in [3.8, 4) is 0 Å². The number of nitrogens with zero attached hydrogens (tertiary/aromatic N) is 2. The molecule has 0 aliphatic carbocycles. The molecular weight excluding hydrogens is 444 g/mol. The Morgan fingerprint density at radius 3 is 2.43 bits per heavy atom. The minimum atomic E-state index is -6.45. The molecule has 1 saturated heterocycles. The van der Waals surface area contributed by atoms with Gasteiger partial charge in [-0.25, -0.2) is 4.79 Å². The van der Waals surface area contributed by atoms with E-state index in [-0.39, 0.29) is 10.4 Å². The van der Waals surface area contributed by atoms with E-state index in [9.17, 15) is 36.6 Å². The van der Waals surface area contributed by atoms with Gasteiger partial charge in [0, 0.05) is 6.20 Å². The van der Waals surface area contributed by atoms with Crippen molar-refractivity contribution < 1.29 is 55.7 Å². The fourth-order valence-corrected chi connectivity index (χ4v) is 4.12. The van der Waals surface area contributed by atoms with Crippen LogP contribution in [-0.2, 0) is 18.4 Å². The van der Waals surface area contributed by atoms with E-state index < -0.39 is 57.3 Å². The molecule has 0 bridgehead atoms. The number of alkyl halides is 4. The molecule has 0 saturated carbocycles. The van der Waals surface area contributed by atoms with Gasteiger partial charge in [-0.15, -0.1) is 0 Å². The molecule has 1 aromatic heterocycles. The fraction of sp³-hybridized carbons (Fsp3) is 0.600. The van der Waals surface area contributed by atoms with E-state index in [0.717, 1.165) is 12.3 Å². The number of aliphatic hydroxyl groups is 1. The largest absolute Gasteiger partial charge is 0.443 e. The van der Waals surface area contributed by atoms with Crippen LogP contribution in [0.2, 0.25) is 0 Å². The van der Waals surface area contributed by atoms with Crippen LogP contribution < -0.4 is 11.4 Å². The van der Waals surface area contributed by atoms with Crippen molar-refractivity contribution in [1.82, 2.24) is 9.55 Å². The lowest BCUT2D eigenvalue weighted by Crippen LogP contribution is -2.42. The topological polar surface area (TPSA) is 194 Å². The van der Waals surface area contributed by atoms with Crippen LogP contribution in [-0.4, -0.2) is 59.5 Å². The van der Waals surface area contributed by atoms with Crippen molar-refractivity contribution in [2.75, 3.05) is 12.3 Å². The van der Waals surface area contributed by atoms with Crippen LogP contribution in [0.3, 0.4) is 0 Å². The molecule has 12 nitrogen and oxygen atoms in total. The smallest absolute Gasteiger partial charge is 0.384 e. The van der Waals surface area contributed by atoms with Crippen LogP contribution in [0.1, 0.15) is 6.23 Å². The van der Waals surface area contributed by atoms with Crippen molar-refractivity contribution in [1.29, 1.82) is 0 Å². The molecule has 0 spiro atoms. The Balaban J connectivity index is 2.24. The maximum Gasteiger partial charge on any atom is 0.443 e. The van der Waals surface area contributed by atoms with Gasteiger partial charge >= 0.3 is 32.2 Å². The quantitative estimate of drug-likeness (QED) is 0.277. The summed E-state index contributed by atoms with van der Waals surface area (Å²) in [6.45, 7) is -1.59. The van der Waals surface area contributed by atoms with Crippen molar-refractivity contribution in [3.05, 3.63) is 22.7 Å². The first-order valence-electron chi connectivity index (χ1n) is 6.99. The van der Waals surface area contributed by atoms with Crippen molar-refractivity contribution in [3.63, 3.8) is 0 Å². The minimum absolute atomic E-state index is 0.225. The summed E-state index contributed by atoms with van der Waals surface area (Å²) >= 11 is 0. The van der Waals surface area contributed by atoms with Crippen LogP contribution in [0, 0.1) is 0 Å². The number of hydrogen-bond acceptors (Lipinski definition) is 8. The summed E-state index contributed by atoms with van der Waals surface area (Å²) in [6.07, 6.45) is -6.78. The summed E-state index contributed by atoms with van der Waals surface area (Å²) in [6, 6.07) is 0.944. The molecule has 6 N–H and O–H groups in total. The Hall–Kier alpha value is -1.38. The Morgan fingerprint density at radius 1 is 1.36 bits per heavy atom. The Kier molecular flexibility index (Phi) is 5.84. The second-order valence-electron chi connectivity index (χ2n) is 5.56. The van der Waals surface area contributed by atoms with Gasteiger partial charge in [-0.1, -0.05) is 0 Å². The van der Waals surface area contributed by atoms with Gasteiger partial charge in [0.15, 0.2) is 6.10 Å². The van der Waals surface area contributed by atoms with E-state index in [2.05, 4.69) is 14.2 Å². The molecule has 160 valence electrons. The van der Waals surface area contributed by atoms with Crippen LogP contribution in [0.4, 0.5) is 23.4 Å². The monoisotopic (exact) mass is 457 g/mol. The molecule has 1 fully saturated rings. The number of nitrogens with two attached hydrogens (primary N) is 1. The lowest BCUT2D eigenvalue weighted by Gasteiger charge is -2.24.